The third-order valence-electron chi connectivity index (χ3n) is 2.71. The fourth-order valence-corrected chi connectivity index (χ4v) is 2.46. The molecule has 0 aliphatic rings. The van der Waals surface area contributed by atoms with Crippen molar-refractivity contribution in [2.24, 2.45) is 0 Å². The smallest absolute Gasteiger partial charge is 0.256 e. The number of pyridine rings is 1. The highest BCUT2D eigenvalue weighted by molar-refractivity contribution is 7.13. The third-order valence-corrected chi connectivity index (χ3v) is 3.52. The molecule has 3 rings (SSSR count). The van der Waals surface area contributed by atoms with Crippen LogP contribution in [0.2, 0.25) is 0 Å². The van der Waals surface area contributed by atoms with Crippen LogP contribution in [0.4, 0.5) is 0 Å². The van der Waals surface area contributed by atoms with E-state index in [2.05, 4.69) is 9.97 Å². The largest absolute Gasteiger partial charge is 0.497 e. The van der Waals surface area contributed by atoms with E-state index in [0.29, 0.717) is 5.39 Å². The second-order valence-electron chi connectivity index (χ2n) is 3.80. The standard InChI is InChI=1S/C13H10N2O2S/c1-17-9-2-3-10-8(6-9)7-11(15-12(10)16)13-14-4-5-18-13/h2-7H,1H3,(H,15,16). The lowest BCUT2D eigenvalue weighted by molar-refractivity contribution is 0.415. The minimum atomic E-state index is -0.111. The van der Waals surface area contributed by atoms with Crippen molar-refractivity contribution in [2.75, 3.05) is 7.11 Å². The molecule has 4 nitrogen and oxygen atoms in total. The van der Waals surface area contributed by atoms with E-state index in [4.69, 9.17) is 4.74 Å². The van der Waals surface area contributed by atoms with Gasteiger partial charge in [-0.05, 0) is 29.7 Å². The maximum atomic E-state index is 12.0. The normalized spacial score (nSPS) is 10.7. The number of nitrogens with zero attached hydrogens (tertiary/aromatic N) is 1. The molecule has 1 N–H and O–H groups in total. The first kappa shape index (κ1) is 11.0. The Kier molecular flexibility index (Phi) is 2.60. The summed E-state index contributed by atoms with van der Waals surface area (Å²) in [5.74, 6) is 0.734. The Morgan fingerprint density at radius 2 is 2.22 bits per heavy atom. The summed E-state index contributed by atoms with van der Waals surface area (Å²) in [6, 6.07) is 7.30. The van der Waals surface area contributed by atoms with Crippen molar-refractivity contribution in [2.45, 2.75) is 0 Å². The van der Waals surface area contributed by atoms with E-state index in [1.165, 1.54) is 11.3 Å². The predicted molar refractivity (Wildman–Crippen MR) is 72.2 cm³/mol. The van der Waals surface area contributed by atoms with Crippen LogP contribution >= 0.6 is 11.3 Å². The molecule has 18 heavy (non-hydrogen) atoms. The van der Waals surface area contributed by atoms with Gasteiger partial charge in [0.05, 0.1) is 12.8 Å². The van der Waals surface area contributed by atoms with Crippen LogP contribution in [0.1, 0.15) is 0 Å². The van der Waals surface area contributed by atoms with Gasteiger partial charge in [0.25, 0.3) is 5.56 Å². The van der Waals surface area contributed by atoms with Gasteiger partial charge >= 0.3 is 0 Å². The predicted octanol–water partition coefficient (Wildman–Crippen LogP) is 2.66. The number of thiazole rings is 1. The van der Waals surface area contributed by atoms with Gasteiger partial charge in [-0.15, -0.1) is 11.3 Å². The molecule has 0 bridgehead atoms. The zero-order valence-electron chi connectivity index (χ0n) is 9.64. The van der Waals surface area contributed by atoms with Crippen LogP contribution in [-0.2, 0) is 0 Å². The summed E-state index contributed by atoms with van der Waals surface area (Å²) in [5, 5.41) is 4.18. The summed E-state index contributed by atoms with van der Waals surface area (Å²) in [4.78, 5) is 19.0. The van der Waals surface area contributed by atoms with E-state index in [9.17, 15) is 4.79 Å². The highest BCUT2D eigenvalue weighted by atomic mass is 32.1. The Hall–Kier alpha value is -2.14. The van der Waals surface area contributed by atoms with Gasteiger partial charge in [-0.3, -0.25) is 4.79 Å². The highest BCUT2D eigenvalue weighted by Gasteiger charge is 2.06. The second-order valence-corrected chi connectivity index (χ2v) is 4.70. The molecule has 3 aromatic rings. The number of nitrogens with one attached hydrogen (secondary N) is 1. The topological polar surface area (TPSA) is 55.0 Å². The molecule has 0 unspecified atom stereocenters. The molecular weight excluding hydrogens is 248 g/mol. The third kappa shape index (κ3) is 1.78. The van der Waals surface area contributed by atoms with Crippen molar-refractivity contribution in [3.63, 3.8) is 0 Å². The molecule has 0 fully saturated rings. The molecule has 2 aromatic heterocycles. The van der Waals surface area contributed by atoms with Gasteiger partial charge in [0.15, 0.2) is 0 Å². The first-order chi connectivity index (χ1) is 8.78. The maximum absolute atomic E-state index is 12.0. The van der Waals surface area contributed by atoms with E-state index in [0.717, 1.165) is 21.8 Å². The molecule has 0 spiro atoms. The van der Waals surface area contributed by atoms with Gasteiger partial charge in [0.1, 0.15) is 10.8 Å². The van der Waals surface area contributed by atoms with Crippen LogP contribution in [0.25, 0.3) is 21.5 Å². The molecule has 0 atom stereocenters. The van der Waals surface area contributed by atoms with Gasteiger partial charge in [-0.2, -0.15) is 0 Å². The van der Waals surface area contributed by atoms with E-state index < -0.39 is 0 Å². The molecule has 1 aromatic carbocycles. The average Bonchev–Trinajstić information content (AvgIpc) is 2.91. The van der Waals surface area contributed by atoms with E-state index in [1.807, 2.05) is 17.5 Å². The lowest BCUT2D eigenvalue weighted by Gasteiger charge is -2.03. The van der Waals surface area contributed by atoms with E-state index >= 15 is 0 Å². The molecule has 0 aliphatic heterocycles. The summed E-state index contributed by atoms with van der Waals surface area (Å²) in [5.41, 5.74) is 0.621. The lowest BCUT2D eigenvalue weighted by atomic mass is 10.1. The van der Waals surface area contributed by atoms with Crippen LogP contribution in [0.5, 0.6) is 5.75 Å². The minimum absolute atomic E-state index is 0.111. The number of H-pyrrole nitrogens is 1. The van der Waals surface area contributed by atoms with Crippen molar-refractivity contribution in [1.29, 1.82) is 0 Å². The van der Waals surface area contributed by atoms with Crippen LogP contribution in [-0.4, -0.2) is 17.1 Å². The molecule has 0 radical (unpaired) electrons. The fourth-order valence-electron chi connectivity index (χ4n) is 1.85. The lowest BCUT2D eigenvalue weighted by Crippen LogP contribution is -2.07. The van der Waals surface area contributed by atoms with Gasteiger partial charge in [0, 0.05) is 17.0 Å². The first-order valence-electron chi connectivity index (χ1n) is 5.39. The Labute approximate surface area is 107 Å². The summed E-state index contributed by atoms with van der Waals surface area (Å²) < 4.78 is 5.17. The SMILES string of the molecule is COc1ccc2c(=O)[nH]c(-c3nccs3)cc2c1. The number of aromatic amines is 1. The van der Waals surface area contributed by atoms with Crippen molar-refractivity contribution >= 4 is 22.1 Å². The average molecular weight is 258 g/mol. The Balaban J connectivity index is 2.28. The number of aromatic nitrogens is 2. The number of ether oxygens (including phenoxy) is 1. The summed E-state index contributed by atoms with van der Waals surface area (Å²) in [6.07, 6.45) is 1.72. The summed E-state index contributed by atoms with van der Waals surface area (Å²) >= 11 is 1.49. The van der Waals surface area contributed by atoms with Crippen LogP contribution in [0.15, 0.2) is 40.6 Å². The van der Waals surface area contributed by atoms with Crippen LogP contribution in [0.3, 0.4) is 0 Å². The molecule has 0 saturated carbocycles. The molecule has 90 valence electrons. The number of fused-ring (bicyclic) bond motifs is 1. The summed E-state index contributed by atoms with van der Waals surface area (Å²) in [6.45, 7) is 0. The van der Waals surface area contributed by atoms with Crippen LogP contribution < -0.4 is 10.3 Å². The molecule has 0 amide bonds. The zero-order chi connectivity index (χ0) is 12.5. The van der Waals surface area contributed by atoms with E-state index in [1.54, 1.807) is 25.4 Å². The van der Waals surface area contributed by atoms with Crippen molar-refractivity contribution in [3.05, 3.63) is 46.2 Å². The molecular formula is C13H10N2O2S. The van der Waals surface area contributed by atoms with Crippen LogP contribution in [0, 0.1) is 0 Å². The maximum Gasteiger partial charge on any atom is 0.256 e. The fraction of sp³-hybridized carbons (Fsp3) is 0.0769. The van der Waals surface area contributed by atoms with E-state index in [-0.39, 0.29) is 5.56 Å². The van der Waals surface area contributed by atoms with Gasteiger partial charge in [-0.1, -0.05) is 0 Å². The number of hydrogen-bond acceptors (Lipinski definition) is 4. The molecule has 0 saturated heterocycles. The van der Waals surface area contributed by atoms with Crippen molar-refractivity contribution < 1.29 is 4.74 Å². The minimum Gasteiger partial charge on any atom is -0.497 e. The number of benzene rings is 1. The molecule has 0 aliphatic carbocycles. The number of hydrogen-bond donors (Lipinski definition) is 1. The van der Waals surface area contributed by atoms with Crippen molar-refractivity contribution in [3.8, 4) is 16.5 Å². The summed E-state index contributed by atoms with van der Waals surface area (Å²) in [7, 11) is 1.61. The molecule has 2 heterocycles. The Morgan fingerprint density at radius 1 is 1.33 bits per heavy atom. The zero-order valence-corrected chi connectivity index (χ0v) is 10.5. The monoisotopic (exact) mass is 258 g/mol. The second kappa shape index (κ2) is 4.27. The Bertz CT molecular complexity index is 747. The first-order valence-corrected chi connectivity index (χ1v) is 6.27. The number of methoxy groups -OCH3 is 1. The number of rotatable bonds is 2. The van der Waals surface area contributed by atoms with Crippen molar-refractivity contribution in [1.82, 2.24) is 9.97 Å². The Morgan fingerprint density at radius 3 is 2.94 bits per heavy atom. The quantitative estimate of drug-likeness (QED) is 0.768. The van der Waals surface area contributed by atoms with Gasteiger partial charge < -0.3 is 9.72 Å². The molecule has 5 heteroatoms. The van der Waals surface area contributed by atoms with Gasteiger partial charge in [0.2, 0.25) is 0 Å². The highest BCUT2D eigenvalue weighted by Crippen LogP contribution is 2.24. The van der Waals surface area contributed by atoms with Gasteiger partial charge in [-0.25, -0.2) is 4.98 Å².